The molecule has 0 saturated heterocycles. The van der Waals surface area contributed by atoms with Crippen LogP contribution in [-0.2, 0) is 16.7 Å². The quantitative estimate of drug-likeness (QED) is 0.339. The molecule has 3 atom stereocenters. The average molecular weight is 482 g/mol. The Balaban J connectivity index is 1.41. The molecule has 3 unspecified atom stereocenters. The van der Waals surface area contributed by atoms with E-state index < -0.39 is 0 Å². The highest BCUT2D eigenvalue weighted by molar-refractivity contribution is 7.13. The maximum absolute atomic E-state index is 6.39. The number of rotatable bonds is 6. The Morgan fingerprint density at radius 1 is 1.06 bits per heavy atom. The van der Waals surface area contributed by atoms with Gasteiger partial charge in [0.1, 0.15) is 5.01 Å². The van der Waals surface area contributed by atoms with Crippen LogP contribution in [0, 0.1) is 5.41 Å². The van der Waals surface area contributed by atoms with Gasteiger partial charge in [-0.3, -0.25) is 4.90 Å². The molecule has 2 aromatic carbocycles. The van der Waals surface area contributed by atoms with Crippen LogP contribution < -0.4 is 4.90 Å². The van der Waals surface area contributed by atoms with Gasteiger partial charge in [0, 0.05) is 27.5 Å². The Hall–Kier alpha value is -2.92. The first kappa shape index (κ1) is 21.4. The second kappa shape index (κ2) is 7.30. The van der Waals surface area contributed by atoms with Crippen LogP contribution in [0.4, 0.5) is 5.69 Å². The minimum Gasteiger partial charge on any atom is -0.367 e. The number of oxime groups is 1. The number of benzene rings is 2. The molecular weight excluding hydrogens is 450 g/mol. The van der Waals surface area contributed by atoms with E-state index in [1.807, 2.05) is 0 Å². The molecule has 0 amide bonds. The van der Waals surface area contributed by atoms with Gasteiger partial charge in [0.25, 0.3) is 0 Å². The van der Waals surface area contributed by atoms with E-state index in [1.54, 1.807) is 11.3 Å². The van der Waals surface area contributed by atoms with Crippen molar-refractivity contribution in [3.05, 3.63) is 70.2 Å². The molecule has 5 heteroatoms. The second-order valence-corrected chi connectivity index (χ2v) is 11.3. The summed E-state index contributed by atoms with van der Waals surface area (Å²) >= 11 is 1.74. The second-order valence-electron chi connectivity index (χ2n) is 10.4. The first-order valence-electron chi connectivity index (χ1n) is 13.1. The SMILES string of the molecule is CCCCc1csc(-c2ccc3c(c2)C2=NOC4N2c2c-3cccc2C2(CC)C=C(C)C42CC)n1. The highest BCUT2D eigenvalue weighted by Crippen LogP contribution is 2.70. The number of fused-ring (bicyclic) bond motifs is 6. The first-order valence-corrected chi connectivity index (χ1v) is 13.9. The number of thiazole rings is 1. The van der Waals surface area contributed by atoms with Gasteiger partial charge < -0.3 is 4.84 Å². The van der Waals surface area contributed by atoms with Gasteiger partial charge in [-0.15, -0.1) is 11.3 Å². The van der Waals surface area contributed by atoms with E-state index in [0.29, 0.717) is 0 Å². The molecule has 0 spiro atoms. The van der Waals surface area contributed by atoms with Gasteiger partial charge in [-0.1, -0.05) is 74.3 Å². The van der Waals surface area contributed by atoms with E-state index in [-0.39, 0.29) is 17.1 Å². The fraction of sp³-hybridized carbons (Fsp3) is 0.400. The van der Waals surface area contributed by atoms with Crippen molar-refractivity contribution < 1.29 is 4.84 Å². The van der Waals surface area contributed by atoms with Crippen LogP contribution in [0.25, 0.3) is 21.7 Å². The molecule has 7 rings (SSSR count). The van der Waals surface area contributed by atoms with Gasteiger partial charge in [0.2, 0.25) is 6.23 Å². The highest BCUT2D eigenvalue weighted by atomic mass is 32.1. The third-order valence-corrected chi connectivity index (χ3v) is 10.0. The Kier molecular flexibility index (Phi) is 4.46. The van der Waals surface area contributed by atoms with Crippen molar-refractivity contribution in [1.29, 1.82) is 0 Å². The number of allylic oxidation sites excluding steroid dienone is 1. The molecule has 1 aliphatic carbocycles. The summed E-state index contributed by atoms with van der Waals surface area (Å²) in [5, 5.41) is 8.07. The summed E-state index contributed by atoms with van der Waals surface area (Å²) in [4.78, 5) is 13.8. The lowest BCUT2D eigenvalue weighted by molar-refractivity contribution is -0.0575. The third-order valence-electron chi connectivity index (χ3n) is 9.09. The summed E-state index contributed by atoms with van der Waals surface area (Å²) in [7, 11) is 0. The highest BCUT2D eigenvalue weighted by Gasteiger charge is 2.69. The lowest BCUT2D eigenvalue weighted by atomic mass is 9.43. The maximum Gasteiger partial charge on any atom is 0.216 e. The predicted molar refractivity (Wildman–Crippen MR) is 144 cm³/mol. The zero-order valence-corrected chi connectivity index (χ0v) is 21.7. The zero-order chi connectivity index (χ0) is 23.9. The van der Waals surface area contributed by atoms with Gasteiger partial charge in [-0.05, 0) is 49.8 Å². The summed E-state index contributed by atoms with van der Waals surface area (Å²) in [5.74, 6) is 0.951. The number of aromatic nitrogens is 1. The summed E-state index contributed by atoms with van der Waals surface area (Å²) in [6.07, 6.45) is 7.92. The molecule has 0 radical (unpaired) electrons. The third kappa shape index (κ3) is 2.43. The molecule has 1 aromatic heterocycles. The fourth-order valence-electron chi connectivity index (χ4n) is 7.42. The van der Waals surface area contributed by atoms with Crippen LogP contribution >= 0.6 is 11.3 Å². The van der Waals surface area contributed by atoms with Crippen molar-refractivity contribution in [2.75, 3.05) is 4.90 Å². The number of aryl methyl sites for hydroxylation is 1. The van der Waals surface area contributed by atoms with E-state index in [2.05, 4.69) is 80.4 Å². The molecule has 35 heavy (non-hydrogen) atoms. The molecular formula is C30H31N3OS. The Labute approximate surface area is 211 Å². The van der Waals surface area contributed by atoms with Crippen molar-refractivity contribution in [1.82, 2.24) is 4.98 Å². The minimum absolute atomic E-state index is 0.00344. The van der Waals surface area contributed by atoms with Gasteiger partial charge in [0.05, 0.1) is 16.8 Å². The van der Waals surface area contributed by atoms with Crippen molar-refractivity contribution in [2.45, 2.75) is 71.4 Å². The van der Waals surface area contributed by atoms with E-state index in [9.17, 15) is 0 Å². The summed E-state index contributed by atoms with van der Waals surface area (Å²) in [5.41, 5.74) is 10.1. The number of para-hydroxylation sites is 1. The normalized spacial score (nSPS) is 26.7. The molecule has 4 heterocycles. The van der Waals surface area contributed by atoms with E-state index in [0.717, 1.165) is 41.2 Å². The van der Waals surface area contributed by atoms with Gasteiger partial charge in [-0.25, -0.2) is 4.98 Å². The van der Waals surface area contributed by atoms with Crippen LogP contribution in [-0.4, -0.2) is 17.0 Å². The summed E-state index contributed by atoms with van der Waals surface area (Å²) < 4.78 is 0. The van der Waals surface area contributed by atoms with Gasteiger partial charge in [0.15, 0.2) is 5.84 Å². The Morgan fingerprint density at radius 3 is 2.71 bits per heavy atom. The van der Waals surface area contributed by atoms with Crippen molar-refractivity contribution in [3.8, 4) is 21.7 Å². The van der Waals surface area contributed by atoms with E-state index >= 15 is 0 Å². The number of nitrogens with zero attached hydrogens (tertiary/aromatic N) is 3. The molecule has 0 fully saturated rings. The van der Waals surface area contributed by atoms with Crippen LogP contribution in [0.15, 0.2) is 58.6 Å². The van der Waals surface area contributed by atoms with Crippen LogP contribution in [0.5, 0.6) is 0 Å². The zero-order valence-electron chi connectivity index (χ0n) is 20.9. The predicted octanol–water partition coefficient (Wildman–Crippen LogP) is 7.68. The smallest absolute Gasteiger partial charge is 0.216 e. The summed E-state index contributed by atoms with van der Waals surface area (Å²) in [6, 6.07) is 13.6. The Morgan fingerprint density at radius 2 is 1.94 bits per heavy atom. The van der Waals surface area contributed by atoms with Crippen LogP contribution in [0.2, 0.25) is 0 Å². The number of unbranched alkanes of at least 4 members (excludes halogenated alkanes) is 1. The number of hydrogen-bond acceptors (Lipinski definition) is 5. The van der Waals surface area contributed by atoms with Crippen molar-refractivity contribution in [3.63, 3.8) is 0 Å². The first-order chi connectivity index (χ1) is 17.1. The number of anilines is 1. The van der Waals surface area contributed by atoms with Gasteiger partial charge >= 0.3 is 0 Å². The minimum atomic E-state index is -0.0987. The maximum atomic E-state index is 6.39. The largest absolute Gasteiger partial charge is 0.367 e. The number of hydrogen-bond donors (Lipinski definition) is 0. The molecule has 4 nitrogen and oxygen atoms in total. The molecule has 3 aliphatic heterocycles. The van der Waals surface area contributed by atoms with Crippen LogP contribution in [0.1, 0.15) is 70.2 Å². The lowest BCUT2D eigenvalue weighted by Crippen LogP contribution is -2.67. The van der Waals surface area contributed by atoms with E-state index in [4.69, 9.17) is 15.0 Å². The lowest BCUT2D eigenvalue weighted by Gasteiger charge is -2.64. The Bertz CT molecular complexity index is 1440. The summed E-state index contributed by atoms with van der Waals surface area (Å²) in [6.45, 7) is 9.14. The molecule has 3 aromatic rings. The monoisotopic (exact) mass is 481 g/mol. The topological polar surface area (TPSA) is 37.7 Å². The van der Waals surface area contributed by atoms with Gasteiger partial charge in [-0.2, -0.15) is 0 Å². The van der Waals surface area contributed by atoms with Crippen molar-refractivity contribution in [2.24, 2.45) is 10.6 Å². The molecule has 0 bridgehead atoms. The van der Waals surface area contributed by atoms with Crippen molar-refractivity contribution >= 4 is 22.9 Å². The molecule has 0 N–H and O–H groups in total. The average Bonchev–Trinajstić information content (AvgIpc) is 3.54. The standard InChI is InChI=1S/C30H31N3OS/c1-5-8-10-20-17-35-27(31-20)19-13-14-21-22-11-9-12-24-25(22)33-26(23(21)15-19)32-34-28(33)30(7-3)18(4)16-29(24,30)6-2/h9,11-17,28H,5-8,10H2,1-4H3. The molecule has 178 valence electrons. The fourth-order valence-corrected chi connectivity index (χ4v) is 8.27. The molecule has 0 saturated carbocycles. The molecule has 4 aliphatic rings. The number of amidine groups is 1. The van der Waals surface area contributed by atoms with E-state index in [1.165, 1.54) is 46.5 Å². The van der Waals surface area contributed by atoms with Crippen LogP contribution in [0.3, 0.4) is 0 Å².